The molecule has 2 heteroatoms. The average Bonchev–Trinajstić information content (AvgIpc) is 2.16. The summed E-state index contributed by atoms with van der Waals surface area (Å²) in [6.45, 7) is 4.09. The first-order chi connectivity index (χ1) is 7.15. The molecule has 1 aromatic heterocycles. The van der Waals surface area contributed by atoms with E-state index in [2.05, 4.69) is 36.2 Å². The molecule has 0 aliphatic heterocycles. The second-order valence-electron chi connectivity index (χ2n) is 4.22. The first-order valence-electron chi connectivity index (χ1n) is 5.26. The van der Waals surface area contributed by atoms with E-state index in [1.165, 1.54) is 16.5 Å². The average molecular weight is 200 g/mol. The predicted octanol–water partition coefficient (Wildman–Crippen LogP) is 2.43. The number of aromatic nitrogens is 1. The number of hydrogen-bond donors (Lipinski definition) is 1. The lowest BCUT2D eigenvalue weighted by Gasteiger charge is -2.06. The van der Waals surface area contributed by atoms with E-state index in [4.69, 9.17) is 5.73 Å². The van der Waals surface area contributed by atoms with Gasteiger partial charge in [-0.05, 0) is 49.6 Å². The molecule has 2 N–H and O–H groups in total. The Morgan fingerprint density at radius 3 is 2.87 bits per heavy atom. The molecule has 15 heavy (non-hydrogen) atoms. The highest BCUT2D eigenvalue weighted by Crippen LogP contribution is 2.16. The summed E-state index contributed by atoms with van der Waals surface area (Å²) < 4.78 is 0. The minimum absolute atomic E-state index is 0.209. The minimum atomic E-state index is 0.209. The molecule has 1 atom stereocenters. The van der Waals surface area contributed by atoms with Gasteiger partial charge in [-0.15, -0.1) is 0 Å². The third-order valence-electron chi connectivity index (χ3n) is 2.44. The van der Waals surface area contributed by atoms with Gasteiger partial charge in [-0.3, -0.25) is 4.98 Å². The fraction of sp³-hybridized carbons (Fsp3) is 0.308. The van der Waals surface area contributed by atoms with Crippen molar-refractivity contribution in [1.29, 1.82) is 0 Å². The zero-order chi connectivity index (χ0) is 10.8. The summed E-state index contributed by atoms with van der Waals surface area (Å²) in [6, 6.07) is 8.71. The van der Waals surface area contributed by atoms with E-state index in [0.717, 1.165) is 11.9 Å². The Morgan fingerprint density at radius 2 is 2.13 bits per heavy atom. The van der Waals surface area contributed by atoms with E-state index in [9.17, 15) is 0 Å². The van der Waals surface area contributed by atoms with Gasteiger partial charge in [0.15, 0.2) is 0 Å². The van der Waals surface area contributed by atoms with Crippen molar-refractivity contribution in [2.75, 3.05) is 0 Å². The number of rotatable bonds is 2. The third-order valence-corrected chi connectivity index (χ3v) is 2.44. The Morgan fingerprint density at radius 1 is 1.33 bits per heavy atom. The van der Waals surface area contributed by atoms with Gasteiger partial charge in [-0.1, -0.05) is 6.07 Å². The zero-order valence-electron chi connectivity index (χ0n) is 9.20. The molecule has 0 aliphatic carbocycles. The molecule has 0 bridgehead atoms. The smallest absolute Gasteiger partial charge is 0.0702 e. The summed E-state index contributed by atoms with van der Waals surface area (Å²) >= 11 is 0. The molecule has 0 aliphatic rings. The van der Waals surface area contributed by atoms with E-state index in [0.29, 0.717) is 0 Å². The summed E-state index contributed by atoms with van der Waals surface area (Å²) in [5, 5.41) is 1.20. The lowest BCUT2D eigenvalue weighted by molar-refractivity contribution is 0.739. The van der Waals surface area contributed by atoms with Gasteiger partial charge in [0.1, 0.15) is 0 Å². The van der Waals surface area contributed by atoms with Crippen LogP contribution in [0.1, 0.15) is 18.1 Å². The number of aryl methyl sites for hydroxylation is 1. The van der Waals surface area contributed by atoms with Crippen LogP contribution in [0.25, 0.3) is 10.9 Å². The summed E-state index contributed by atoms with van der Waals surface area (Å²) in [7, 11) is 0. The molecule has 78 valence electrons. The van der Waals surface area contributed by atoms with Crippen molar-refractivity contribution in [2.24, 2.45) is 5.73 Å². The van der Waals surface area contributed by atoms with Gasteiger partial charge in [-0.25, -0.2) is 0 Å². The highest BCUT2D eigenvalue weighted by atomic mass is 14.6. The minimum Gasteiger partial charge on any atom is -0.328 e. The van der Waals surface area contributed by atoms with E-state index in [1.807, 2.05) is 13.1 Å². The first-order valence-corrected chi connectivity index (χ1v) is 5.26. The van der Waals surface area contributed by atoms with Crippen LogP contribution in [0.15, 0.2) is 30.5 Å². The molecule has 0 spiro atoms. The van der Waals surface area contributed by atoms with Crippen LogP contribution in [0.3, 0.4) is 0 Å². The quantitative estimate of drug-likeness (QED) is 0.808. The van der Waals surface area contributed by atoms with Gasteiger partial charge in [0.05, 0.1) is 5.52 Å². The van der Waals surface area contributed by atoms with Gasteiger partial charge < -0.3 is 5.73 Å². The standard InChI is InChI=1S/C13H16N2/c1-9-5-12-7-11(6-10(2)14)3-4-13(12)15-8-9/h3-5,7-8,10H,6,14H2,1-2H3. The van der Waals surface area contributed by atoms with Crippen LogP contribution in [0.2, 0.25) is 0 Å². The number of benzene rings is 1. The fourth-order valence-electron chi connectivity index (χ4n) is 1.79. The second-order valence-corrected chi connectivity index (χ2v) is 4.22. The van der Waals surface area contributed by atoms with Crippen molar-refractivity contribution < 1.29 is 0 Å². The van der Waals surface area contributed by atoms with Crippen molar-refractivity contribution in [2.45, 2.75) is 26.3 Å². The summed E-state index contributed by atoms with van der Waals surface area (Å²) in [6.07, 6.45) is 2.82. The number of hydrogen-bond acceptors (Lipinski definition) is 2. The SMILES string of the molecule is Cc1cnc2ccc(CC(C)N)cc2c1. The molecule has 0 fully saturated rings. The molecular weight excluding hydrogens is 184 g/mol. The molecule has 1 unspecified atom stereocenters. The Hall–Kier alpha value is -1.41. The highest BCUT2D eigenvalue weighted by molar-refractivity contribution is 5.79. The van der Waals surface area contributed by atoms with Crippen molar-refractivity contribution in [3.05, 3.63) is 41.6 Å². The summed E-state index contributed by atoms with van der Waals surface area (Å²) in [5.41, 5.74) is 9.31. The van der Waals surface area contributed by atoms with Gasteiger partial charge >= 0.3 is 0 Å². The van der Waals surface area contributed by atoms with Gasteiger partial charge in [0.2, 0.25) is 0 Å². The molecule has 1 heterocycles. The van der Waals surface area contributed by atoms with E-state index in [-0.39, 0.29) is 6.04 Å². The van der Waals surface area contributed by atoms with Crippen molar-refractivity contribution in [1.82, 2.24) is 4.98 Å². The van der Waals surface area contributed by atoms with Crippen LogP contribution in [-0.2, 0) is 6.42 Å². The maximum absolute atomic E-state index is 5.78. The predicted molar refractivity (Wildman–Crippen MR) is 63.8 cm³/mol. The highest BCUT2D eigenvalue weighted by Gasteiger charge is 2.00. The van der Waals surface area contributed by atoms with E-state index in [1.54, 1.807) is 0 Å². The largest absolute Gasteiger partial charge is 0.328 e. The number of fused-ring (bicyclic) bond motifs is 1. The van der Waals surface area contributed by atoms with E-state index >= 15 is 0 Å². The maximum Gasteiger partial charge on any atom is 0.0702 e. The van der Waals surface area contributed by atoms with E-state index < -0.39 is 0 Å². The van der Waals surface area contributed by atoms with Crippen LogP contribution in [0, 0.1) is 6.92 Å². The van der Waals surface area contributed by atoms with Gasteiger partial charge in [0, 0.05) is 17.6 Å². The lowest BCUT2D eigenvalue weighted by Crippen LogP contribution is -2.17. The van der Waals surface area contributed by atoms with Crippen molar-refractivity contribution in [3.63, 3.8) is 0 Å². The number of pyridine rings is 1. The Labute approximate surface area is 90.1 Å². The van der Waals surface area contributed by atoms with Crippen LogP contribution in [-0.4, -0.2) is 11.0 Å². The molecule has 2 rings (SSSR count). The number of nitrogens with two attached hydrogens (primary N) is 1. The molecular formula is C13H16N2. The summed E-state index contributed by atoms with van der Waals surface area (Å²) in [4.78, 5) is 4.37. The third kappa shape index (κ3) is 2.34. The van der Waals surface area contributed by atoms with Crippen molar-refractivity contribution >= 4 is 10.9 Å². The fourth-order valence-corrected chi connectivity index (χ4v) is 1.79. The molecule has 2 nitrogen and oxygen atoms in total. The zero-order valence-corrected chi connectivity index (χ0v) is 9.20. The number of nitrogens with zero attached hydrogens (tertiary/aromatic N) is 1. The normalized spacial score (nSPS) is 13.0. The van der Waals surface area contributed by atoms with Crippen LogP contribution in [0.4, 0.5) is 0 Å². The monoisotopic (exact) mass is 200 g/mol. The Kier molecular flexibility index (Phi) is 2.69. The molecule has 1 aromatic carbocycles. The first kappa shape index (κ1) is 10.1. The topological polar surface area (TPSA) is 38.9 Å². The van der Waals surface area contributed by atoms with Crippen LogP contribution < -0.4 is 5.73 Å². The molecule has 2 aromatic rings. The summed E-state index contributed by atoms with van der Waals surface area (Å²) in [5.74, 6) is 0. The Bertz CT molecular complexity index is 475. The van der Waals surface area contributed by atoms with Crippen LogP contribution >= 0.6 is 0 Å². The van der Waals surface area contributed by atoms with Crippen molar-refractivity contribution in [3.8, 4) is 0 Å². The van der Waals surface area contributed by atoms with Crippen LogP contribution in [0.5, 0.6) is 0 Å². The molecule has 0 amide bonds. The molecule has 0 radical (unpaired) electrons. The molecule has 0 saturated carbocycles. The maximum atomic E-state index is 5.78. The van der Waals surface area contributed by atoms with Gasteiger partial charge in [-0.2, -0.15) is 0 Å². The molecule has 0 saturated heterocycles. The second kappa shape index (κ2) is 3.99. The van der Waals surface area contributed by atoms with Gasteiger partial charge in [0.25, 0.3) is 0 Å². The Balaban J connectivity index is 2.45. The lowest BCUT2D eigenvalue weighted by atomic mass is 10.0.